The summed E-state index contributed by atoms with van der Waals surface area (Å²) < 4.78 is 5.32. The van der Waals surface area contributed by atoms with Gasteiger partial charge in [-0.15, -0.1) is 11.8 Å². The highest BCUT2D eigenvalue weighted by Gasteiger charge is 2.24. The molecule has 0 spiro atoms. The summed E-state index contributed by atoms with van der Waals surface area (Å²) in [6.07, 6.45) is 3.81. The molecule has 1 fully saturated rings. The molecule has 1 N–H and O–H groups in total. The zero-order chi connectivity index (χ0) is 17.7. The molecule has 0 aromatic heterocycles. The first-order valence-corrected chi connectivity index (χ1v) is 9.32. The summed E-state index contributed by atoms with van der Waals surface area (Å²) in [5.74, 6) is 0. The van der Waals surface area contributed by atoms with Crippen molar-refractivity contribution in [3.8, 4) is 0 Å². The summed E-state index contributed by atoms with van der Waals surface area (Å²) in [6.45, 7) is 12.1. The van der Waals surface area contributed by atoms with E-state index < -0.39 is 0 Å². The van der Waals surface area contributed by atoms with E-state index in [-0.39, 0.29) is 11.8 Å². The van der Waals surface area contributed by atoms with Crippen molar-refractivity contribution in [2.24, 2.45) is 0 Å². The second-order valence-corrected chi connectivity index (χ2v) is 8.97. The van der Waals surface area contributed by atoms with Gasteiger partial charge in [-0.1, -0.05) is 26.8 Å². The largest absolute Gasteiger partial charge is 0.504 e. The summed E-state index contributed by atoms with van der Waals surface area (Å²) in [4.78, 5) is 5.78. The fourth-order valence-electron chi connectivity index (χ4n) is 2.87. The Morgan fingerprint density at radius 2 is 1.88 bits per heavy atom. The lowest BCUT2D eigenvalue weighted by Crippen LogP contribution is -2.51. The molecule has 0 radical (unpaired) electrons. The van der Waals surface area contributed by atoms with E-state index in [1.807, 2.05) is 18.6 Å². The molecular weight excluding hydrogens is 319 g/mol. The van der Waals surface area contributed by atoms with E-state index in [2.05, 4.69) is 54.8 Å². The second kappa shape index (κ2) is 8.32. The third-order valence-electron chi connectivity index (χ3n) is 4.01. The lowest BCUT2D eigenvalue weighted by molar-refractivity contribution is 0.341. The van der Waals surface area contributed by atoms with Crippen LogP contribution >= 0.6 is 11.8 Å². The van der Waals surface area contributed by atoms with Crippen LogP contribution in [0.25, 0.3) is 6.08 Å². The van der Waals surface area contributed by atoms with Crippen molar-refractivity contribution < 1.29 is 9.76 Å². The summed E-state index contributed by atoms with van der Waals surface area (Å²) in [6, 6.07) is 6.50. The van der Waals surface area contributed by atoms with Gasteiger partial charge < -0.3 is 19.5 Å². The van der Waals surface area contributed by atoms with Gasteiger partial charge >= 0.3 is 7.05 Å². The normalized spacial score (nSPS) is 16.7. The Bertz CT molecular complexity index is 565. The maximum Gasteiger partial charge on any atom is 0.376 e. The van der Waals surface area contributed by atoms with Gasteiger partial charge in [0.15, 0.2) is 0 Å². The number of hydrogen-bond acceptors (Lipinski definition) is 5. The lowest BCUT2D eigenvalue weighted by Gasteiger charge is -2.37. The van der Waals surface area contributed by atoms with Crippen molar-refractivity contribution in [1.29, 1.82) is 0 Å². The Morgan fingerprint density at radius 1 is 1.21 bits per heavy atom. The topological polar surface area (TPSA) is 35.9 Å². The first kappa shape index (κ1) is 19.2. The maximum atomic E-state index is 9.75. The molecule has 1 saturated heterocycles. The lowest BCUT2D eigenvalue weighted by atomic mass is 9.84. The minimum absolute atomic E-state index is 0.152. The van der Waals surface area contributed by atoms with Crippen LogP contribution in [0.4, 0.5) is 5.69 Å². The van der Waals surface area contributed by atoms with E-state index in [9.17, 15) is 5.02 Å². The van der Waals surface area contributed by atoms with Crippen LogP contribution in [0, 0.1) is 0 Å². The number of nitrogens with zero attached hydrogens (tertiary/aromatic N) is 2. The molecule has 1 aromatic rings. The fourth-order valence-corrected chi connectivity index (χ4v) is 3.96. The predicted octanol–water partition coefficient (Wildman–Crippen LogP) is 3.43. The molecule has 0 saturated carbocycles. The standard InChI is InChI=1S/C18H29BN2O2S/c1-18(2,3)24-17-8-6-7-16(15(17)9-14-23-5)20-10-12-21(13-11-20)19(4)22/h6-9,14,22H,10-13H2,1-5H3/b14-9+. The highest BCUT2D eigenvalue weighted by Crippen LogP contribution is 2.38. The zero-order valence-corrected chi connectivity index (χ0v) is 16.3. The molecule has 1 heterocycles. The second-order valence-electron chi connectivity index (χ2n) is 7.10. The van der Waals surface area contributed by atoms with Gasteiger partial charge in [0.2, 0.25) is 0 Å². The molecule has 1 aromatic carbocycles. The van der Waals surface area contributed by atoms with Crippen LogP contribution in [0.15, 0.2) is 29.4 Å². The van der Waals surface area contributed by atoms with Crippen LogP contribution in [0.1, 0.15) is 26.3 Å². The summed E-state index contributed by atoms with van der Waals surface area (Å²) >= 11 is 1.88. The number of anilines is 1. The number of hydrogen-bond donors (Lipinski definition) is 1. The molecule has 132 valence electrons. The molecule has 0 amide bonds. The van der Waals surface area contributed by atoms with E-state index in [1.165, 1.54) is 16.1 Å². The first-order valence-electron chi connectivity index (χ1n) is 8.50. The van der Waals surface area contributed by atoms with Gasteiger partial charge in [-0.3, -0.25) is 0 Å². The summed E-state index contributed by atoms with van der Waals surface area (Å²) in [5, 5.41) is 9.75. The van der Waals surface area contributed by atoms with Crippen molar-refractivity contribution in [1.82, 2.24) is 4.81 Å². The average Bonchev–Trinajstić information content (AvgIpc) is 2.52. The minimum atomic E-state index is -0.372. The van der Waals surface area contributed by atoms with Crippen molar-refractivity contribution in [3.05, 3.63) is 30.0 Å². The number of ether oxygens (including phenoxy) is 1. The molecular formula is C18H29BN2O2S. The van der Waals surface area contributed by atoms with Gasteiger partial charge in [-0.05, 0) is 25.0 Å². The van der Waals surface area contributed by atoms with E-state index in [0.717, 1.165) is 26.2 Å². The summed E-state index contributed by atoms with van der Waals surface area (Å²) in [5.41, 5.74) is 2.45. The SMILES string of the molecule is CO/C=C/c1c(SC(C)(C)C)cccc1N1CCN(B(C)O)CC1. The van der Waals surface area contributed by atoms with Gasteiger partial charge in [-0.2, -0.15) is 0 Å². The van der Waals surface area contributed by atoms with Crippen molar-refractivity contribution in [2.75, 3.05) is 38.2 Å². The van der Waals surface area contributed by atoms with Gasteiger partial charge in [0.1, 0.15) is 0 Å². The average molecular weight is 348 g/mol. The van der Waals surface area contributed by atoms with Crippen molar-refractivity contribution in [2.45, 2.75) is 37.2 Å². The molecule has 24 heavy (non-hydrogen) atoms. The van der Waals surface area contributed by atoms with Crippen LogP contribution in [0.3, 0.4) is 0 Å². The molecule has 2 rings (SSSR count). The smallest absolute Gasteiger partial charge is 0.376 e. The van der Waals surface area contributed by atoms with E-state index >= 15 is 0 Å². The highest BCUT2D eigenvalue weighted by molar-refractivity contribution is 8.00. The van der Waals surface area contributed by atoms with Gasteiger partial charge in [0.05, 0.1) is 13.4 Å². The quantitative estimate of drug-likeness (QED) is 0.501. The molecule has 0 atom stereocenters. The van der Waals surface area contributed by atoms with Crippen LogP contribution in [0.5, 0.6) is 0 Å². The predicted molar refractivity (Wildman–Crippen MR) is 106 cm³/mol. The Balaban J connectivity index is 2.29. The third-order valence-corrected chi connectivity index (χ3v) is 5.20. The number of thioether (sulfide) groups is 1. The van der Waals surface area contributed by atoms with Crippen LogP contribution < -0.4 is 4.90 Å². The van der Waals surface area contributed by atoms with E-state index in [1.54, 1.807) is 13.4 Å². The molecule has 0 aliphatic carbocycles. The monoisotopic (exact) mass is 348 g/mol. The Hall–Kier alpha value is -1.11. The van der Waals surface area contributed by atoms with Crippen molar-refractivity contribution >= 4 is 30.6 Å². The molecule has 1 aliphatic rings. The number of benzene rings is 1. The van der Waals surface area contributed by atoms with Gasteiger partial charge in [-0.25, -0.2) is 0 Å². The van der Waals surface area contributed by atoms with Crippen LogP contribution in [-0.4, -0.2) is 54.9 Å². The number of rotatable bonds is 5. The minimum Gasteiger partial charge on any atom is -0.504 e. The highest BCUT2D eigenvalue weighted by atomic mass is 32.2. The molecule has 4 nitrogen and oxygen atoms in total. The van der Waals surface area contributed by atoms with Gasteiger partial charge in [0, 0.05) is 47.1 Å². The number of methoxy groups -OCH3 is 1. The molecule has 1 aliphatic heterocycles. The first-order chi connectivity index (χ1) is 11.3. The number of piperazine rings is 1. The van der Waals surface area contributed by atoms with E-state index in [4.69, 9.17) is 4.74 Å². The van der Waals surface area contributed by atoms with Gasteiger partial charge in [0.25, 0.3) is 0 Å². The van der Waals surface area contributed by atoms with E-state index in [0.29, 0.717) is 0 Å². The van der Waals surface area contributed by atoms with Crippen molar-refractivity contribution in [3.63, 3.8) is 0 Å². The fraction of sp³-hybridized carbons (Fsp3) is 0.556. The Labute approximate surface area is 151 Å². The zero-order valence-electron chi connectivity index (χ0n) is 15.5. The Kier molecular flexibility index (Phi) is 6.66. The van der Waals surface area contributed by atoms with Crippen LogP contribution in [-0.2, 0) is 4.74 Å². The molecule has 0 bridgehead atoms. The third kappa shape index (κ3) is 5.20. The summed E-state index contributed by atoms with van der Waals surface area (Å²) in [7, 11) is 1.31. The maximum absolute atomic E-state index is 9.75. The Morgan fingerprint density at radius 3 is 2.42 bits per heavy atom. The molecule has 6 heteroatoms. The van der Waals surface area contributed by atoms with Crippen LogP contribution in [0.2, 0.25) is 6.82 Å². The molecule has 0 unspecified atom stereocenters.